The molecule has 0 saturated heterocycles. The van der Waals surface area contributed by atoms with Gasteiger partial charge in [-0.25, -0.2) is 4.79 Å². The molecule has 2 aromatic carbocycles. The van der Waals surface area contributed by atoms with Gasteiger partial charge in [0.15, 0.2) is 11.5 Å². The summed E-state index contributed by atoms with van der Waals surface area (Å²) >= 11 is 12.0. The second-order valence-corrected chi connectivity index (χ2v) is 6.79. The summed E-state index contributed by atoms with van der Waals surface area (Å²) in [7, 11) is 1.52. The Morgan fingerprint density at radius 2 is 1.66 bits per heavy atom. The second kappa shape index (κ2) is 9.92. The second-order valence-electron chi connectivity index (χ2n) is 5.94. The van der Waals surface area contributed by atoms with Crippen LogP contribution in [0.4, 0.5) is 0 Å². The van der Waals surface area contributed by atoms with Crippen molar-refractivity contribution < 1.29 is 14.3 Å². The zero-order chi connectivity index (χ0) is 20.6. The van der Waals surface area contributed by atoms with Gasteiger partial charge in [0.25, 0.3) is 0 Å². The van der Waals surface area contributed by atoms with Crippen molar-refractivity contribution >= 4 is 47.4 Å². The van der Waals surface area contributed by atoms with Crippen molar-refractivity contribution in [3.63, 3.8) is 0 Å². The van der Waals surface area contributed by atoms with Gasteiger partial charge in [-0.05, 0) is 59.2 Å². The van der Waals surface area contributed by atoms with Crippen LogP contribution in [0.5, 0.6) is 11.5 Å². The van der Waals surface area contributed by atoms with E-state index in [0.717, 1.165) is 11.1 Å². The average molecular weight is 426 g/mol. The van der Waals surface area contributed by atoms with Gasteiger partial charge in [-0.15, -0.1) is 0 Å². The summed E-state index contributed by atoms with van der Waals surface area (Å²) < 4.78 is 10.7. The molecule has 6 heteroatoms. The third-order valence-electron chi connectivity index (χ3n) is 3.93. The summed E-state index contributed by atoms with van der Waals surface area (Å²) in [5.74, 6) is 0.230. The Hall–Kier alpha value is -3.08. The summed E-state index contributed by atoms with van der Waals surface area (Å²) in [5.41, 5.74) is 2.60. The minimum absolute atomic E-state index is 0.324. The van der Waals surface area contributed by atoms with Crippen LogP contribution >= 0.6 is 23.2 Å². The van der Waals surface area contributed by atoms with E-state index >= 15 is 0 Å². The molecule has 0 aliphatic carbocycles. The first-order valence-electron chi connectivity index (χ1n) is 8.66. The van der Waals surface area contributed by atoms with Crippen molar-refractivity contribution in [2.24, 2.45) is 0 Å². The summed E-state index contributed by atoms with van der Waals surface area (Å²) in [5, 5.41) is 0.974. The van der Waals surface area contributed by atoms with E-state index in [2.05, 4.69) is 4.98 Å². The van der Waals surface area contributed by atoms with Crippen LogP contribution in [0.15, 0.2) is 67.0 Å². The molecule has 0 aliphatic heterocycles. The van der Waals surface area contributed by atoms with Gasteiger partial charge in [0.1, 0.15) is 0 Å². The number of rotatable bonds is 6. The first-order chi connectivity index (χ1) is 14.0. The number of pyridine rings is 1. The largest absolute Gasteiger partial charge is 0.493 e. The highest BCUT2D eigenvalue weighted by molar-refractivity contribution is 6.35. The molecule has 0 saturated carbocycles. The third-order valence-corrected chi connectivity index (χ3v) is 4.50. The van der Waals surface area contributed by atoms with E-state index in [1.54, 1.807) is 48.8 Å². The minimum atomic E-state index is -0.547. The van der Waals surface area contributed by atoms with Gasteiger partial charge in [0.05, 0.1) is 7.11 Å². The lowest BCUT2D eigenvalue weighted by Crippen LogP contribution is -2.05. The summed E-state index contributed by atoms with van der Waals surface area (Å²) in [6.45, 7) is 0. The van der Waals surface area contributed by atoms with Gasteiger partial charge in [0, 0.05) is 28.5 Å². The number of carbonyl (C=O) groups excluding carboxylic acids is 1. The van der Waals surface area contributed by atoms with E-state index in [1.165, 1.54) is 13.2 Å². The summed E-state index contributed by atoms with van der Waals surface area (Å²) in [6.07, 6.45) is 10.2. The zero-order valence-electron chi connectivity index (χ0n) is 15.5. The Bertz CT molecular complexity index is 1060. The molecule has 146 valence electrons. The molecular formula is C23H17Cl2NO3. The SMILES string of the molecule is COc1cc(/C=C/c2ccncc2)ccc1OC(=O)/C=C/c1ccc(Cl)cc1Cl. The lowest BCUT2D eigenvalue weighted by Gasteiger charge is -2.09. The van der Waals surface area contributed by atoms with Gasteiger partial charge in [0.2, 0.25) is 0 Å². The number of nitrogens with zero attached hydrogens (tertiary/aromatic N) is 1. The molecule has 3 rings (SSSR count). The van der Waals surface area contributed by atoms with Crippen LogP contribution in [-0.4, -0.2) is 18.1 Å². The molecule has 0 fully saturated rings. The molecule has 1 heterocycles. The Labute approximate surface area is 179 Å². The number of carbonyl (C=O) groups is 1. The topological polar surface area (TPSA) is 48.4 Å². The number of esters is 1. The highest BCUT2D eigenvalue weighted by atomic mass is 35.5. The summed E-state index contributed by atoms with van der Waals surface area (Å²) in [6, 6.07) is 14.1. The molecule has 0 atom stereocenters. The highest BCUT2D eigenvalue weighted by Gasteiger charge is 2.09. The maximum Gasteiger partial charge on any atom is 0.336 e. The van der Waals surface area contributed by atoms with Crippen molar-refractivity contribution in [1.82, 2.24) is 4.98 Å². The minimum Gasteiger partial charge on any atom is -0.493 e. The van der Waals surface area contributed by atoms with Crippen molar-refractivity contribution in [2.45, 2.75) is 0 Å². The van der Waals surface area contributed by atoms with Crippen molar-refractivity contribution in [1.29, 1.82) is 0 Å². The van der Waals surface area contributed by atoms with Crippen LogP contribution in [0.2, 0.25) is 10.0 Å². The summed E-state index contributed by atoms with van der Waals surface area (Å²) in [4.78, 5) is 16.2. The van der Waals surface area contributed by atoms with Crippen molar-refractivity contribution in [3.05, 3.63) is 93.7 Å². The van der Waals surface area contributed by atoms with Gasteiger partial charge < -0.3 is 9.47 Å². The molecule has 0 spiro atoms. The van der Waals surface area contributed by atoms with E-state index in [-0.39, 0.29) is 0 Å². The molecule has 0 bridgehead atoms. The Morgan fingerprint density at radius 3 is 2.38 bits per heavy atom. The predicted octanol–water partition coefficient (Wildman–Crippen LogP) is 6.19. The number of methoxy groups -OCH3 is 1. The first-order valence-corrected chi connectivity index (χ1v) is 9.42. The van der Waals surface area contributed by atoms with E-state index < -0.39 is 5.97 Å². The third kappa shape index (κ3) is 5.95. The van der Waals surface area contributed by atoms with Gasteiger partial charge in [-0.3, -0.25) is 4.98 Å². The maximum absolute atomic E-state index is 12.2. The normalized spacial score (nSPS) is 11.1. The lowest BCUT2D eigenvalue weighted by atomic mass is 10.1. The van der Waals surface area contributed by atoms with Crippen molar-refractivity contribution in [3.8, 4) is 11.5 Å². The predicted molar refractivity (Wildman–Crippen MR) is 117 cm³/mol. The molecule has 4 nitrogen and oxygen atoms in total. The molecular weight excluding hydrogens is 409 g/mol. The Balaban J connectivity index is 1.70. The molecule has 29 heavy (non-hydrogen) atoms. The van der Waals surface area contributed by atoms with E-state index in [9.17, 15) is 4.79 Å². The molecule has 3 aromatic rings. The molecule has 0 aliphatic rings. The van der Waals surface area contributed by atoms with Crippen LogP contribution in [0.1, 0.15) is 16.7 Å². The van der Waals surface area contributed by atoms with Crippen LogP contribution < -0.4 is 9.47 Å². The smallest absolute Gasteiger partial charge is 0.336 e. The molecule has 0 N–H and O–H groups in total. The Kier molecular flexibility index (Phi) is 7.06. The monoisotopic (exact) mass is 425 g/mol. The molecule has 1 aromatic heterocycles. The van der Waals surface area contributed by atoms with Crippen LogP contribution in [0, 0.1) is 0 Å². The quantitative estimate of drug-likeness (QED) is 0.268. The number of hydrogen-bond acceptors (Lipinski definition) is 4. The fourth-order valence-corrected chi connectivity index (χ4v) is 2.95. The number of halogens is 2. The van der Waals surface area contributed by atoms with Crippen molar-refractivity contribution in [2.75, 3.05) is 7.11 Å². The van der Waals surface area contributed by atoms with Gasteiger partial charge in [-0.2, -0.15) is 0 Å². The van der Waals surface area contributed by atoms with E-state index in [0.29, 0.717) is 27.1 Å². The Morgan fingerprint density at radius 1 is 0.897 bits per heavy atom. The molecule has 0 amide bonds. The number of ether oxygens (including phenoxy) is 2. The van der Waals surface area contributed by atoms with Gasteiger partial charge in [-0.1, -0.05) is 47.5 Å². The highest BCUT2D eigenvalue weighted by Crippen LogP contribution is 2.29. The zero-order valence-corrected chi connectivity index (χ0v) is 17.0. The number of aromatic nitrogens is 1. The maximum atomic E-state index is 12.2. The standard InChI is InChI=1S/C23H17Cl2NO3/c1-28-22-14-17(3-2-16-10-12-26-13-11-16)4-8-21(22)29-23(27)9-6-18-5-7-19(24)15-20(18)25/h2-15H,1H3/b3-2+,9-6+. The lowest BCUT2D eigenvalue weighted by molar-refractivity contribution is -0.129. The molecule has 0 radical (unpaired) electrons. The van der Waals surface area contributed by atoms with Crippen LogP contribution in [-0.2, 0) is 4.79 Å². The van der Waals surface area contributed by atoms with E-state index in [1.807, 2.05) is 30.4 Å². The van der Waals surface area contributed by atoms with Crippen LogP contribution in [0.3, 0.4) is 0 Å². The van der Waals surface area contributed by atoms with Crippen LogP contribution in [0.25, 0.3) is 18.2 Å². The fraction of sp³-hybridized carbons (Fsp3) is 0.0435. The first kappa shape index (κ1) is 20.6. The molecule has 0 unspecified atom stereocenters. The van der Waals surface area contributed by atoms with E-state index in [4.69, 9.17) is 32.7 Å². The number of benzene rings is 2. The van der Waals surface area contributed by atoms with Gasteiger partial charge >= 0.3 is 5.97 Å². The average Bonchev–Trinajstić information content (AvgIpc) is 2.73. The fourth-order valence-electron chi connectivity index (χ4n) is 2.48. The number of hydrogen-bond donors (Lipinski definition) is 0.